The highest BCUT2D eigenvalue weighted by molar-refractivity contribution is 7.20. The first-order valence-electron chi connectivity index (χ1n) is 8.13. The zero-order chi connectivity index (χ0) is 16.9. The molecule has 1 saturated heterocycles. The number of thiophene rings is 1. The van der Waals surface area contributed by atoms with Crippen LogP contribution in [0.5, 0.6) is 0 Å². The minimum atomic E-state index is -0.798. The Morgan fingerprint density at radius 3 is 2.96 bits per heavy atom. The largest absolute Gasteiger partial charge is 0.481 e. The molecule has 3 rings (SSSR count). The van der Waals surface area contributed by atoms with Gasteiger partial charge in [0.2, 0.25) is 5.91 Å². The third kappa shape index (κ3) is 4.21. The molecule has 1 aliphatic heterocycles. The first-order chi connectivity index (χ1) is 11.6. The van der Waals surface area contributed by atoms with Crippen LogP contribution < -0.4 is 0 Å². The number of carboxylic acids is 1. The lowest BCUT2D eigenvalue weighted by molar-refractivity contribution is -0.139. The predicted octanol–water partition coefficient (Wildman–Crippen LogP) is 3.66. The Morgan fingerprint density at radius 2 is 2.21 bits per heavy atom. The van der Waals surface area contributed by atoms with Crippen LogP contribution in [-0.2, 0) is 16.0 Å². The molecule has 0 spiro atoms. The van der Waals surface area contributed by atoms with Gasteiger partial charge in [0.1, 0.15) is 5.01 Å². The summed E-state index contributed by atoms with van der Waals surface area (Å²) in [4.78, 5) is 31.0. The molecule has 0 bridgehead atoms. The maximum absolute atomic E-state index is 12.7. The number of hydrogen-bond donors (Lipinski definition) is 1. The molecule has 0 aliphatic carbocycles. The molecule has 1 aliphatic rings. The second kappa shape index (κ2) is 7.90. The highest BCUT2D eigenvalue weighted by atomic mass is 32.1. The maximum Gasteiger partial charge on any atom is 0.303 e. The number of piperidine rings is 1. The van der Waals surface area contributed by atoms with Gasteiger partial charge in [-0.05, 0) is 37.1 Å². The summed E-state index contributed by atoms with van der Waals surface area (Å²) in [7, 11) is 0. The zero-order valence-electron chi connectivity index (χ0n) is 13.3. The zero-order valence-corrected chi connectivity index (χ0v) is 14.9. The first-order valence-corrected chi connectivity index (χ1v) is 9.89. The molecule has 1 fully saturated rings. The summed E-state index contributed by atoms with van der Waals surface area (Å²) >= 11 is 3.20. The molecule has 0 radical (unpaired) electrons. The van der Waals surface area contributed by atoms with Crippen LogP contribution in [0, 0.1) is 0 Å². The number of amides is 1. The van der Waals surface area contributed by atoms with E-state index < -0.39 is 5.97 Å². The van der Waals surface area contributed by atoms with Gasteiger partial charge in [0.05, 0.1) is 17.0 Å². The fourth-order valence-corrected chi connectivity index (χ4v) is 4.71. The summed E-state index contributed by atoms with van der Waals surface area (Å²) in [6.07, 6.45) is 3.91. The van der Waals surface area contributed by atoms with Gasteiger partial charge in [-0.25, -0.2) is 4.98 Å². The summed E-state index contributed by atoms with van der Waals surface area (Å²) in [6, 6.07) is 4.08. The highest BCUT2D eigenvalue weighted by Gasteiger charge is 2.27. The van der Waals surface area contributed by atoms with E-state index in [2.05, 4.69) is 4.98 Å². The Morgan fingerprint density at radius 1 is 1.33 bits per heavy atom. The molecule has 128 valence electrons. The summed E-state index contributed by atoms with van der Waals surface area (Å²) in [5.74, 6) is -0.735. The van der Waals surface area contributed by atoms with E-state index in [4.69, 9.17) is 5.11 Å². The van der Waals surface area contributed by atoms with Crippen molar-refractivity contribution in [1.82, 2.24) is 9.88 Å². The third-order valence-corrected chi connectivity index (χ3v) is 6.19. The van der Waals surface area contributed by atoms with Crippen molar-refractivity contribution in [3.8, 4) is 9.88 Å². The van der Waals surface area contributed by atoms with Gasteiger partial charge < -0.3 is 10.0 Å². The molecule has 0 unspecified atom stereocenters. The summed E-state index contributed by atoms with van der Waals surface area (Å²) in [5.41, 5.74) is 0.802. The minimum absolute atomic E-state index is 0.0535. The number of carbonyl (C=O) groups excluding carboxylic acids is 1. The molecule has 1 amide bonds. The van der Waals surface area contributed by atoms with Crippen molar-refractivity contribution in [2.45, 2.75) is 44.6 Å². The minimum Gasteiger partial charge on any atom is -0.481 e. The van der Waals surface area contributed by atoms with E-state index >= 15 is 0 Å². The van der Waals surface area contributed by atoms with Gasteiger partial charge in [-0.2, -0.15) is 0 Å². The molecule has 5 nitrogen and oxygen atoms in total. The maximum atomic E-state index is 12.7. The molecule has 2 aromatic heterocycles. The van der Waals surface area contributed by atoms with Crippen LogP contribution in [0.15, 0.2) is 22.9 Å². The molecule has 1 atom stereocenters. The van der Waals surface area contributed by atoms with Crippen molar-refractivity contribution in [1.29, 1.82) is 0 Å². The van der Waals surface area contributed by atoms with E-state index in [-0.39, 0.29) is 18.4 Å². The summed E-state index contributed by atoms with van der Waals surface area (Å²) < 4.78 is 0. The van der Waals surface area contributed by atoms with E-state index in [1.165, 1.54) is 0 Å². The Hall–Kier alpha value is -1.73. The number of carboxylic acid groups (broad SMARTS) is 1. The number of aliphatic carboxylic acids is 1. The Labute approximate surface area is 149 Å². The standard InChI is InChI=1S/C17H20N2O3S2/c20-15(19-8-2-1-4-13(19)6-7-16(21)22)10-12-11-24-17(18-12)14-5-3-9-23-14/h3,5,9,11,13H,1-2,4,6-8,10H2,(H,21,22)/t13-/m1/s1. The van der Waals surface area contributed by atoms with Crippen LogP contribution in [0.25, 0.3) is 9.88 Å². The van der Waals surface area contributed by atoms with Crippen molar-refractivity contribution >= 4 is 34.6 Å². The molecular formula is C17H20N2O3S2. The quantitative estimate of drug-likeness (QED) is 0.849. The van der Waals surface area contributed by atoms with Crippen LogP contribution in [0.2, 0.25) is 0 Å². The van der Waals surface area contributed by atoms with Crippen LogP contribution in [0.4, 0.5) is 0 Å². The van der Waals surface area contributed by atoms with Crippen LogP contribution >= 0.6 is 22.7 Å². The number of likely N-dealkylation sites (tertiary alicyclic amines) is 1. The fourth-order valence-electron chi connectivity index (χ4n) is 3.08. The lowest BCUT2D eigenvalue weighted by Crippen LogP contribution is -2.44. The van der Waals surface area contributed by atoms with Gasteiger partial charge in [-0.15, -0.1) is 22.7 Å². The number of nitrogens with zero attached hydrogens (tertiary/aromatic N) is 2. The molecule has 1 N–H and O–H groups in total. The molecule has 2 aromatic rings. The van der Waals surface area contributed by atoms with Crippen LogP contribution in [-0.4, -0.2) is 39.5 Å². The predicted molar refractivity (Wildman–Crippen MR) is 95.4 cm³/mol. The monoisotopic (exact) mass is 364 g/mol. The Kier molecular flexibility index (Phi) is 5.63. The average Bonchev–Trinajstić information content (AvgIpc) is 3.24. The lowest BCUT2D eigenvalue weighted by atomic mass is 9.97. The SMILES string of the molecule is O=C(O)CC[C@H]1CCCCN1C(=O)Cc1csc(-c2cccs2)n1. The highest BCUT2D eigenvalue weighted by Crippen LogP contribution is 2.28. The van der Waals surface area contributed by atoms with Crippen molar-refractivity contribution < 1.29 is 14.7 Å². The number of aromatic nitrogens is 1. The second-order valence-corrected chi connectivity index (χ2v) is 7.77. The smallest absolute Gasteiger partial charge is 0.303 e. The lowest BCUT2D eigenvalue weighted by Gasteiger charge is -2.35. The molecule has 24 heavy (non-hydrogen) atoms. The van der Waals surface area contributed by atoms with Gasteiger partial charge in [0, 0.05) is 24.4 Å². The van der Waals surface area contributed by atoms with E-state index in [9.17, 15) is 9.59 Å². The van der Waals surface area contributed by atoms with E-state index in [0.717, 1.165) is 41.4 Å². The third-order valence-electron chi connectivity index (χ3n) is 4.25. The molecule has 7 heteroatoms. The van der Waals surface area contributed by atoms with Crippen molar-refractivity contribution in [2.24, 2.45) is 0 Å². The fraction of sp³-hybridized carbons (Fsp3) is 0.471. The van der Waals surface area contributed by atoms with Crippen LogP contribution in [0.3, 0.4) is 0 Å². The van der Waals surface area contributed by atoms with Gasteiger partial charge in [-0.3, -0.25) is 9.59 Å². The van der Waals surface area contributed by atoms with Gasteiger partial charge >= 0.3 is 5.97 Å². The number of hydrogen-bond acceptors (Lipinski definition) is 5. The number of carbonyl (C=O) groups is 2. The van der Waals surface area contributed by atoms with E-state index in [1.807, 2.05) is 27.8 Å². The van der Waals surface area contributed by atoms with Gasteiger partial charge in [0.25, 0.3) is 0 Å². The Bertz CT molecular complexity index is 697. The normalized spacial score (nSPS) is 17.8. The van der Waals surface area contributed by atoms with E-state index in [1.54, 1.807) is 22.7 Å². The topological polar surface area (TPSA) is 70.5 Å². The molecule has 0 aromatic carbocycles. The summed E-state index contributed by atoms with van der Waals surface area (Å²) in [5, 5.41) is 13.8. The van der Waals surface area contributed by atoms with Gasteiger partial charge in [-0.1, -0.05) is 6.07 Å². The van der Waals surface area contributed by atoms with Crippen molar-refractivity contribution in [3.05, 3.63) is 28.6 Å². The molecule has 0 saturated carbocycles. The van der Waals surface area contributed by atoms with Crippen molar-refractivity contribution in [2.75, 3.05) is 6.54 Å². The van der Waals surface area contributed by atoms with Crippen molar-refractivity contribution in [3.63, 3.8) is 0 Å². The Balaban J connectivity index is 1.63. The summed E-state index contributed by atoms with van der Waals surface area (Å²) in [6.45, 7) is 0.727. The average molecular weight is 364 g/mol. The first kappa shape index (κ1) is 17.1. The number of thiazole rings is 1. The van der Waals surface area contributed by atoms with Gasteiger partial charge in [0.15, 0.2) is 0 Å². The molecular weight excluding hydrogens is 344 g/mol. The molecule has 3 heterocycles. The number of rotatable bonds is 6. The van der Waals surface area contributed by atoms with Crippen LogP contribution in [0.1, 0.15) is 37.8 Å². The van der Waals surface area contributed by atoms with E-state index in [0.29, 0.717) is 12.8 Å². The second-order valence-electron chi connectivity index (χ2n) is 5.97.